The van der Waals surface area contributed by atoms with Crippen LogP contribution in [-0.2, 0) is 11.3 Å². The summed E-state index contributed by atoms with van der Waals surface area (Å²) in [4.78, 5) is 13.3. The molecule has 0 spiro atoms. The molecule has 0 saturated carbocycles. The van der Waals surface area contributed by atoms with E-state index in [1.54, 1.807) is 11.3 Å². The lowest BCUT2D eigenvalue weighted by atomic mass is 10.1. The molecule has 1 atom stereocenters. The summed E-state index contributed by atoms with van der Waals surface area (Å²) in [6.45, 7) is 6.50. The van der Waals surface area contributed by atoms with Crippen molar-refractivity contribution in [1.29, 1.82) is 0 Å². The first-order valence-electron chi connectivity index (χ1n) is 5.02. The highest BCUT2D eigenvalue weighted by molar-refractivity contribution is 7.11. The van der Waals surface area contributed by atoms with E-state index >= 15 is 0 Å². The van der Waals surface area contributed by atoms with Crippen LogP contribution in [0.5, 0.6) is 0 Å². The standard InChI is InChI=1S/C11H17NO2S/c1-7(2)10(11(13)14)12-6-9-5-4-8(3)15-9/h4-5,7,10,12H,6H2,1-3H3,(H,13,14)/t10-/m1/s1. The lowest BCUT2D eigenvalue weighted by Crippen LogP contribution is -2.40. The van der Waals surface area contributed by atoms with Gasteiger partial charge < -0.3 is 5.11 Å². The fraction of sp³-hybridized carbons (Fsp3) is 0.545. The minimum Gasteiger partial charge on any atom is -0.480 e. The van der Waals surface area contributed by atoms with Crippen LogP contribution in [0.25, 0.3) is 0 Å². The number of aryl methyl sites for hydroxylation is 1. The molecule has 0 aliphatic heterocycles. The van der Waals surface area contributed by atoms with Gasteiger partial charge in [0.25, 0.3) is 0 Å². The fourth-order valence-corrected chi connectivity index (χ4v) is 2.24. The topological polar surface area (TPSA) is 49.3 Å². The zero-order valence-corrected chi connectivity index (χ0v) is 10.1. The summed E-state index contributed by atoms with van der Waals surface area (Å²) in [5.74, 6) is -0.679. The molecule has 0 bridgehead atoms. The molecular weight excluding hydrogens is 210 g/mol. The molecule has 0 radical (unpaired) electrons. The van der Waals surface area contributed by atoms with Crippen LogP contribution >= 0.6 is 11.3 Å². The monoisotopic (exact) mass is 227 g/mol. The predicted molar refractivity (Wildman–Crippen MR) is 62.2 cm³/mol. The average molecular weight is 227 g/mol. The number of carboxylic acid groups (broad SMARTS) is 1. The second-order valence-electron chi connectivity index (χ2n) is 3.95. The van der Waals surface area contributed by atoms with E-state index in [1.807, 2.05) is 32.9 Å². The molecular formula is C11H17NO2S. The Morgan fingerprint density at radius 1 is 1.53 bits per heavy atom. The molecule has 0 amide bonds. The van der Waals surface area contributed by atoms with Crippen molar-refractivity contribution in [2.75, 3.05) is 0 Å². The van der Waals surface area contributed by atoms with Gasteiger partial charge in [0.15, 0.2) is 0 Å². The van der Waals surface area contributed by atoms with Crippen molar-refractivity contribution in [3.8, 4) is 0 Å². The Kier molecular flexibility index (Phi) is 4.29. The van der Waals surface area contributed by atoms with Gasteiger partial charge in [0.2, 0.25) is 0 Å². The average Bonchev–Trinajstić information content (AvgIpc) is 2.50. The Hall–Kier alpha value is -0.870. The molecule has 0 aliphatic carbocycles. The minimum absolute atomic E-state index is 0.101. The number of hydrogen-bond donors (Lipinski definition) is 2. The van der Waals surface area contributed by atoms with Crippen LogP contribution in [0, 0.1) is 12.8 Å². The smallest absolute Gasteiger partial charge is 0.320 e. The number of rotatable bonds is 5. The molecule has 1 aromatic rings. The Morgan fingerprint density at radius 2 is 2.20 bits per heavy atom. The van der Waals surface area contributed by atoms with Crippen LogP contribution < -0.4 is 5.32 Å². The maximum Gasteiger partial charge on any atom is 0.320 e. The van der Waals surface area contributed by atoms with Gasteiger partial charge in [-0.05, 0) is 25.0 Å². The number of aliphatic carboxylic acids is 1. The van der Waals surface area contributed by atoms with Gasteiger partial charge in [0.05, 0.1) is 0 Å². The van der Waals surface area contributed by atoms with Gasteiger partial charge in [-0.1, -0.05) is 13.8 Å². The van der Waals surface area contributed by atoms with Crippen molar-refractivity contribution in [3.63, 3.8) is 0 Å². The summed E-state index contributed by atoms with van der Waals surface area (Å²) in [6, 6.07) is 3.62. The number of carboxylic acids is 1. The number of hydrogen-bond acceptors (Lipinski definition) is 3. The van der Waals surface area contributed by atoms with E-state index in [0.717, 1.165) is 0 Å². The zero-order valence-electron chi connectivity index (χ0n) is 9.28. The molecule has 0 fully saturated rings. The molecule has 4 heteroatoms. The van der Waals surface area contributed by atoms with Crippen LogP contribution in [0.1, 0.15) is 23.6 Å². The number of thiophene rings is 1. The Bertz CT molecular complexity index is 333. The lowest BCUT2D eigenvalue weighted by Gasteiger charge is -2.17. The van der Waals surface area contributed by atoms with Crippen molar-refractivity contribution < 1.29 is 9.90 Å². The predicted octanol–water partition coefficient (Wildman–Crippen LogP) is 2.26. The van der Waals surface area contributed by atoms with E-state index in [9.17, 15) is 4.79 Å². The quantitative estimate of drug-likeness (QED) is 0.811. The van der Waals surface area contributed by atoms with Crippen LogP contribution in [0.4, 0.5) is 0 Å². The molecule has 0 saturated heterocycles. The molecule has 1 rings (SSSR count). The molecule has 15 heavy (non-hydrogen) atoms. The molecule has 3 nitrogen and oxygen atoms in total. The van der Waals surface area contributed by atoms with Crippen molar-refractivity contribution >= 4 is 17.3 Å². The number of nitrogens with one attached hydrogen (secondary N) is 1. The van der Waals surface area contributed by atoms with Gasteiger partial charge in [0, 0.05) is 16.3 Å². The van der Waals surface area contributed by atoms with Crippen LogP contribution in [0.15, 0.2) is 12.1 Å². The van der Waals surface area contributed by atoms with Gasteiger partial charge in [-0.2, -0.15) is 0 Å². The molecule has 84 valence electrons. The van der Waals surface area contributed by atoms with Crippen molar-refractivity contribution in [3.05, 3.63) is 21.9 Å². The van der Waals surface area contributed by atoms with E-state index in [2.05, 4.69) is 5.32 Å². The van der Waals surface area contributed by atoms with E-state index in [4.69, 9.17) is 5.11 Å². The highest BCUT2D eigenvalue weighted by Gasteiger charge is 2.20. The van der Waals surface area contributed by atoms with Gasteiger partial charge >= 0.3 is 5.97 Å². The lowest BCUT2D eigenvalue weighted by molar-refractivity contribution is -0.140. The Balaban J connectivity index is 2.50. The fourth-order valence-electron chi connectivity index (χ4n) is 1.40. The second kappa shape index (κ2) is 5.28. The number of carbonyl (C=O) groups is 1. The summed E-state index contributed by atoms with van der Waals surface area (Å²) >= 11 is 1.70. The first kappa shape index (κ1) is 12.2. The van der Waals surface area contributed by atoms with Crippen LogP contribution in [0.2, 0.25) is 0 Å². The third-order valence-electron chi connectivity index (χ3n) is 2.22. The molecule has 1 aromatic heterocycles. The summed E-state index contributed by atoms with van der Waals surface area (Å²) in [6.07, 6.45) is 0. The van der Waals surface area contributed by atoms with Gasteiger partial charge in [-0.25, -0.2) is 0 Å². The zero-order chi connectivity index (χ0) is 11.4. The van der Waals surface area contributed by atoms with Crippen molar-refractivity contribution in [2.24, 2.45) is 5.92 Å². The molecule has 0 aromatic carbocycles. The third kappa shape index (κ3) is 3.64. The van der Waals surface area contributed by atoms with E-state index in [-0.39, 0.29) is 5.92 Å². The first-order chi connectivity index (χ1) is 7.00. The molecule has 0 aliphatic rings. The Labute approximate surface area is 94.1 Å². The highest BCUT2D eigenvalue weighted by Crippen LogP contribution is 2.15. The summed E-state index contributed by atoms with van der Waals surface area (Å²) < 4.78 is 0. The SMILES string of the molecule is Cc1ccc(CN[C@@H](C(=O)O)C(C)C)s1. The molecule has 1 heterocycles. The molecule has 0 unspecified atom stereocenters. The van der Waals surface area contributed by atoms with Crippen molar-refractivity contribution in [1.82, 2.24) is 5.32 Å². The highest BCUT2D eigenvalue weighted by atomic mass is 32.1. The van der Waals surface area contributed by atoms with Gasteiger partial charge in [-0.3, -0.25) is 10.1 Å². The van der Waals surface area contributed by atoms with E-state index in [1.165, 1.54) is 9.75 Å². The van der Waals surface area contributed by atoms with Gasteiger partial charge in [-0.15, -0.1) is 11.3 Å². The summed E-state index contributed by atoms with van der Waals surface area (Å²) in [5.41, 5.74) is 0. The van der Waals surface area contributed by atoms with E-state index in [0.29, 0.717) is 6.54 Å². The van der Waals surface area contributed by atoms with Crippen molar-refractivity contribution in [2.45, 2.75) is 33.4 Å². The molecule has 2 N–H and O–H groups in total. The van der Waals surface area contributed by atoms with Gasteiger partial charge in [0.1, 0.15) is 6.04 Å². The summed E-state index contributed by atoms with van der Waals surface area (Å²) in [7, 11) is 0. The van der Waals surface area contributed by atoms with E-state index < -0.39 is 12.0 Å². The summed E-state index contributed by atoms with van der Waals surface area (Å²) in [5, 5.41) is 12.0. The normalized spacial score (nSPS) is 13.1. The maximum atomic E-state index is 10.9. The van der Waals surface area contributed by atoms with Crippen LogP contribution in [-0.4, -0.2) is 17.1 Å². The largest absolute Gasteiger partial charge is 0.480 e. The minimum atomic E-state index is -0.779. The Morgan fingerprint density at radius 3 is 2.60 bits per heavy atom. The first-order valence-corrected chi connectivity index (χ1v) is 5.84. The second-order valence-corrected chi connectivity index (χ2v) is 5.33. The third-order valence-corrected chi connectivity index (χ3v) is 3.23. The maximum absolute atomic E-state index is 10.9. The van der Waals surface area contributed by atoms with Crippen LogP contribution in [0.3, 0.4) is 0 Å².